The smallest absolute Gasteiger partial charge is 0 e. The molecule has 0 nitrogen and oxygen atoms in total. The van der Waals surface area contributed by atoms with Gasteiger partial charge in [-0.05, 0) is 0 Å². The molecule has 0 fully saturated rings. The third-order valence-electron chi connectivity index (χ3n) is 0. The molecule has 0 aliphatic heterocycles. The SMILES string of the molecule is Br.[C-]#C.[Zn]. The largest absolute Gasteiger partial charge is 0.697 e. The van der Waals surface area contributed by atoms with Gasteiger partial charge in [0.15, 0.2) is 0 Å². The first-order chi connectivity index (χ1) is 1.00. The van der Waals surface area contributed by atoms with Gasteiger partial charge in [0.25, 0.3) is 0 Å². The molecule has 0 radical (unpaired) electrons. The van der Waals surface area contributed by atoms with Crippen molar-refractivity contribution in [3.63, 3.8) is 0 Å². The van der Waals surface area contributed by atoms with Crippen LogP contribution in [0.4, 0.5) is 0 Å². The van der Waals surface area contributed by atoms with Gasteiger partial charge in [-0.25, -0.2) is 0 Å². The summed E-state index contributed by atoms with van der Waals surface area (Å²) in [5.41, 5.74) is 0. The summed E-state index contributed by atoms with van der Waals surface area (Å²) in [5, 5.41) is 0. The van der Waals surface area contributed by atoms with Gasteiger partial charge in [-0.2, -0.15) is 0 Å². The number of rotatable bonds is 0. The molecule has 0 saturated heterocycles. The van der Waals surface area contributed by atoms with Crippen LogP contribution in [0.5, 0.6) is 0 Å². The zero-order chi connectivity index (χ0) is 2.00. The summed E-state index contributed by atoms with van der Waals surface area (Å²) in [6.07, 6.45) is 9.00. The molecular weight excluding hydrogens is 169 g/mol. The standard InChI is InChI=1S/C2H.BrH.Zn/c1-2;;/h1H;1H;/q-1;;. The van der Waals surface area contributed by atoms with Crippen LogP contribution >= 0.6 is 17.0 Å². The monoisotopic (exact) mass is 169 g/mol. The minimum absolute atomic E-state index is 0. The Morgan fingerprint density at radius 3 is 1.25 bits per heavy atom. The molecule has 0 N–H and O–H groups in total. The predicted octanol–water partition coefficient (Wildman–Crippen LogP) is 0.781. The van der Waals surface area contributed by atoms with E-state index in [0.29, 0.717) is 0 Å². The topological polar surface area (TPSA) is 0 Å². The van der Waals surface area contributed by atoms with E-state index in [1.54, 1.807) is 0 Å². The van der Waals surface area contributed by atoms with Gasteiger partial charge in [-0.1, -0.05) is 0 Å². The van der Waals surface area contributed by atoms with Crippen LogP contribution in [0.2, 0.25) is 0 Å². The van der Waals surface area contributed by atoms with Crippen molar-refractivity contribution in [2.75, 3.05) is 0 Å². The molecule has 0 aliphatic rings. The average molecular weight is 171 g/mol. The fourth-order valence-corrected chi connectivity index (χ4v) is 0. The third kappa shape index (κ3) is 16.7. The van der Waals surface area contributed by atoms with Crippen LogP contribution in [0.15, 0.2) is 0 Å². The van der Waals surface area contributed by atoms with Gasteiger partial charge < -0.3 is 12.8 Å². The van der Waals surface area contributed by atoms with Crippen LogP contribution in [-0.4, -0.2) is 0 Å². The number of hydrogen-bond donors (Lipinski definition) is 0. The van der Waals surface area contributed by atoms with Gasteiger partial charge in [0.2, 0.25) is 0 Å². The van der Waals surface area contributed by atoms with Crippen LogP contribution in [0.25, 0.3) is 0 Å². The fourth-order valence-electron chi connectivity index (χ4n) is 0. The van der Waals surface area contributed by atoms with Gasteiger partial charge in [-0.15, -0.1) is 17.0 Å². The second-order valence-corrected chi connectivity index (χ2v) is 0. The van der Waals surface area contributed by atoms with E-state index in [2.05, 4.69) is 6.42 Å². The summed E-state index contributed by atoms with van der Waals surface area (Å²) in [6.45, 7) is 0. The Morgan fingerprint density at radius 2 is 1.25 bits per heavy atom. The van der Waals surface area contributed by atoms with Crippen molar-refractivity contribution < 1.29 is 19.5 Å². The van der Waals surface area contributed by atoms with Crippen molar-refractivity contribution in [3.05, 3.63) is 6.42 Å². The summed E-state index contributed by atoms with van der Waals surface area (Å²) >= 11 is 0. The molecule has 0 atom stereocenters. The van der Waals surface area contributed by atoms with Gasteiger partial charge in [0.05, 0.1) is 0 Å². The normalized spacial score (nSPS) is 0.500. The molecule has 4 heavy (non-hydrogen) atoms. The molecule has 2 heteroatoms. The molecule has 0 aromatic rings. The van der Waals surface area contributed by atoms with Crippen LogP contribution in [0.1, 0.15) is 0 Å². The van der Waals surface area contributed by atoms with E-state index in [4.69, 9.17) is 6.42 Å². The van der Waals surface area contributed by atoms with Gasteiger partial charge in [0, 0.05) is 19.5 Å². The second-order valence-electron chi connectivity index (χ2n) is 0. The van der Waals surface area contributed by atoms with E-state index >= 15 is 0 Å². The van der Waals surface area contributed by atoms with Gasteiger partial charge in [0.1, 0.15) is 0 Å². The van der Waals surface area contributed by atoms with E-state index in [-0.39, 0.29) is 36.5 Å². The van der Waals surface area contributed by atoms with Crippen molar-refractivity contribution >= 4 is 17.0 Å². The summed E-state index contributed by atoms with van der Waals surface area (Å²) in [6, 6.07) is 0. The molecule has 0 saturated carbocycles. The van der Waals surface area contributed by atoms with Gasteiger partial charge in [-0.3, -0.25) is 0 Å². The summed E-state index contributed by atoms with van der Waals surface area (Å²) in [5.74, 6) is 0. The minimum Gasteiger partial charge on any atom is -0.697 e. The molecule has 0 aromatic heterocycles. The Hall–Kier alpha value is 0.663. The van der Waals surface area contributed by atoms with Crippen molar-refractivity contribution in [1.82, 2.24) is 0 Å². The molecule has 0 aliphatic carbocycles. The molecule has 0 spiro atoms. The van der Waals surface area contributed by atoms with Crippen molar-refractivity contribution in [2.24, 2.45) is 0 Å². The van der Waals surface area contributed by atoms with E-state index in [9.17, 15) is 0 Å². The zero-order valence-corrected chi connectivity index (χ0v) is 6.87. The first-order valence-corrected chi connectivity index (χ1v) is 0.289. The third-order valence-corrected chi connectivity index (χ3v) is 0. The molecule has 0 unspecified atom stereocenters. The molecule has 20 valence electrons. The number of terminal acetylenes is 1. The Kier molecular flexibility index (Phi) is 334. The molecule has 0 aromatic carbocycles. The van der Waals surface area contributed by atoms with Gasteiger partial charge >= 0.3 is 0 Å². The average Bonchev–Trinajstić information content (AvgIpc) is 1.00. The Labute approximate surface area is 49.5 Å². The Bertz CT molecular complexity index is 10.8. The Morgan fingerprint density at radius 1 is 1.25 bits per heavy atom. The van der Waals surface area contributed by atoms with E-state index in [1.165, 1.54) is 0 Å². The first-order valence-electron chi connectivity index (χ1n) is 0.289. The summed E-state index contributed by atoms with van der Waals surface area (Å²) in [4.78, 5) is 0. The van der Waals surface area contributed by atoms with Crippen molar-refractivity contribution in [3.8, 4) is 6.42 Å². The number of hydrogen-bond acceptors (Lipinski definition) is 0. The number of halogens is 1. The quantitative estimate of drug-likeness (QED) is 0.287. The molecule has 0 rings (SSSR count). The van der Waals surface area contributed by atoms with Crippen LogP contribution in [0, 0.1) is 12.8 Å². The zero-order valence-electron chi connectivity index (χ0n) is 2.19. The van der Waals surface area contributed by atoms with E-state index < -0.39 is 0 Å². The molecule has 0 heterocycles. The van der Waals surface area contributed by atoms with E-state index in [0.717, 1.165) is 0 Å². The maximum absolute atomic E-state index is 5.25. The second kappa shape index (κ2) is 59.1. The minimum atomic E-state index is 0. The maximum atomic E-state index is 5.25. The maximum Gasteiger partial charge on any atom is 0 e. The van der Waals surface area contributed by atoms with Crippen LogP contribution in [-0.2, 0) is 19.5 Å². The van der Waals surface area contributed by atoms with Crippen LogP contribution in [0.3, 0.4) is 0 Å². The van der Waals surface area contributed by atoms with E-state index in [1.807, 2.05) is 0 Å². The molecule has 0 bridgehead atoms. The summed E-state index contributed by atoms with van der Waals surface area (Å²) < 4.78 is 0. The van der Waals surface area contributed by atoms with Crippen molar-refractivity contribution in [1.29, 1.82) is 0 Å². The molecule has 0 amide bonds. The Balaban J connectivity index is -0.00000000500. The van der Waals surface area contributed by atoms with Crippen molar-refractivity contribution in [2.45, 2.75) is 0 Å². The first kappa shape index (κ1) is 22.6. The molecular formula is C2H2BrZn-. The fraction of sp³-hybridized carbons (Fsp3) is 0. The van der Waals surface area contributed by atoms with Crippen LogP contribution < -0.4 is 0 Å². The predicted molar refractivity (Wildman–Crippen MR) is 18.5 cm³/mol. The summed E-state index contributed by atoms with van der Waals surface area (Å²) in [7, 11) is 0.